The van der Waals surface area contributed by atoms with Crippen molar-refractivity contribution in [3.05, 3.63) is 58.6 Å². The minimum Gasteiger partial charge on any atom is -0.487 e. The fourth-order valence-corrected chi connectivity index (χ4v) is 1.91. The SMILES string of the molecule is Fc1cccc(COc2ccc(CBr)nc2)c1Cl. The maximum Gasteiger partial charge on any atom is 0.142 e. The van der Waals surface area contributed by atoms with Crippen molar-refractivity contribution in [3.63, 3.8) is 0 Å². The van der Waals surface area contributed by atoms with Gasteiger partial charge in [0.1, 0.15) is 18.2 Å². The first-order valence-electron chi connectivity index (χ1n) is 5.27. The zero-order valence-electron chi connectivity index (χ0n) is 9.37. The first-order chi connectivity index (χ1) is 8.70. The number of rotatable bonds is 4. The highest BCUT2D eigenvalue weighted by molar-refractivity contribution is 9.08. The molecule has 94 valence electrons. The van der Waals surface area contributed by atoms with Crippen LogP contribution >= 0.6 is 27.5 Å². The number of benzene rings is 1. The van der Waals surface area contributed by atoms with Gasteiger partial charge in [-0.05, 0) is 18.2 Å². The zero-order valence-corrected chi connectivity index (χ0v) is 11.7. The fourth-order valence-electron chi connectivity index (χ4n) is 1.40. The molecule has 0 saturated carbocycles. The summed E-state index contributed by atoms with van der Waals surface area (Å²) in [5, 5.41) is 0.797. The molecule has 0 amide bonds. The van der Waals surface area contributed by atoms with Crippen LogP contribution in [-0.2, 0) is 11.9 Å². The third kappa shape index (κ3) is 3.21. The van der Waals surface area contributed by atoms with Crippen molar-refractivity contribution in [3.8, 4) is 5.75 Å². The zero-order chi connectivity index (χ0) is 13.0. The highest BCUT2D eigenvalue weighted by Crippen LogP contribution is 2.21. The molecule has 18 heavy (non-hydrogen) atoms. The number of halogens is 3. The van der Waals surface area contributed by atoms with Crippen molar-refractivity contribution in [2.75, 3.05) is 0 Å². The van der Waals surface area contributed by atoms with Gasteiger partial charge in [0.15, 0.2) is 0 Å². The minimum atomic E-state index is -0.439. The van der Waals surface area contributed by atoms with E-state index in [0.717, 1.165) is 5.69 Å². The molecule has 0 aliphatic carbocycles. The van der Waals surface area contributed by atoms with Gasteiger partial charge in [-0.3, -0.25) is 4.98 Å². The Morgan fingerprint density at radius 3 is 2.78 bits per heavy atom. The molecule has 0 fully saturated rings. The summed E-state index contributed by atoms with van der Waals surface area (Å²) in [6.45, 7) is 0.214. The Hall–Kier alpha value is -1.13. The Balaban J connectivity index is 2.04. The van der Waals surface area contributed by atoms with Crippen molar-refractivity contribution < 1.29 is 9.13 Å². The largest absolute Gasteiger partial charge is 0.487 e. The van der Waals surface area contributed by atoms with E-state index in [1.165, 1.54) is 6.07 Å². The van der Waals surface area contributed by atoms with Crippen molar-refractivity contribution in [2.24, 2.45) is 0 Å². The highest BCUT2D eigenvalue weighted by atomic mass is 79.9. The van der Waals surface area contributed by atoms with Crippen LogP contribution < -0.4 is 4.74 Å². The predicted molar refractivity (Wildman–Crippen MR) is 72.6 cm³/mol. The van der Waals surface area contributed by atoms with Crippen molar-refractivity contribution in [2.45, 2.75) is 11.9 Å². The molecule has 0 atom stereocenters. The third-order valence-corrected chi connectivity index (χ3v) is 3.36. The first kappa shape index (κ1) is 13.3. The molecule has 2 aromatic rings. The second-order valence-corrected chi connectivity index (χ2v) is 4.56. The minimum absolute atomic E-state index is 0.0996. The lowest BCUT2D eigenvalue weighted by Crippen LogP contribution is -1.98. The molecule has 1 heterocycles. The number of pyridine rings is 1. The van der Waals surface area contributed by atoms with Crippen molar-refractivity contribution in [1.82, 2.24) is 4.98 Å². The van der Waals surface area contributed by atoms with E-state index in [1.54, 1.807) is 18.3 Å². The predicted octanol–water partition coefficient (Wildman–Crippen LogP) is 4.35. The van der Waals surface area contributed by atoms with Crippen LogP contribution in [0.3, 0.4) is 0 Å². The van der Waals surface area contributed by atoms with Crippen LogP contribution in [0.4, 0.5) is 4.39 Å². The Morgan fingerprint density at radius 1 is 1.28 bits per heavy atom. The standard InChI is InChI=1S/C13H10BrClFNO/c14-6-10-4-5-11(7-17-10)18-8-9-2-1-3-12(16)13(9)15/h1-5,7H,6,8H2. The topological polar surface area (TPSA) is 22.1 Å². The number of ether oxygens (including phenoxy) is 1. The number of hydrogen-bond acceptors (Lipinski definition) is 2. The lowest BCUT2D eigenvalue weighted by Gasteiger charge is -2.08. The van der Waals surface area contributed by atoms with E-state index in [9.17, 15) is 4.39 Å². The van der Waals surface area contributed by atoms with E-state index in [2.05, 4.69) is 20.9 Å². The molecular formula is C13H10BrClFNO. The lowest BCUT2D eigenvalue weighted by molar-refractivity contribution is 0.304. The summed E-state index contributed by atoms with van der Waals surface area (Å²) in [6, 6.07) is 8.32. The number of hydrogen-bond donors (Lipinski definition) is 0. The smallest absolute Gasteiger partial charge is 0.142 e. The average Bonchev–Trinajstić information content (AvgIpc) is 2.41. The van der Waals surface area contributed by atoms with Gasteiger partial charge in [0.25, 0.3) is 0 Å². The average molecular weight is 331 g/mol. The van der Waals surface area contributed by atoms with E-state index in [4.69, 9.17) is 16.3 Å². The van der Waals surface area contributed by atoms with Gasteiger partial charge in [0.05, 0.1) is 16.9 Å². The first-order valence-corrected chi connectivity index (χ1v) is 6.77. The van der Waals surface area contributed by atoms with Gasteiger partial charge in [-0.2, -0.15) is 0 Å². The van der Waals surface area contributed by atoms with E-state index in [0.29, 0.717) is 16.6 Å². The molecule has 0 saturated heterocycles. The van der Waals surface area contributed by atoms with Crippen LogP contribution in [-0.4, -0.2) is 4.98 Å². The van der Waals surface area contributed by atoms with Gasteiger partial charge >= 0.3 is 0 Å². The summed E-state index contributed by atoms with van der Waals surface area (Å²) in [5.41, 5.74) is 1.53. The highest BCUT2D eigenvalue weighted by Gasteiger charge is 2.06. The van der Waals surface area contributed by atoms with Crippen LogP contribution in [0.1, 0.15) is 11.3 Å². The molecule has 0 bridgehead atoms. The summed E-state index contributed by atoms with van der Waals surface area (Å²) in [6.07, 6.45) is 1.63. The quantitative estimate of drug-likeness (QED) is 0.778. The van der Waals surface area contributed by atoms with E-state index >= 15 is 0 Å². The van der Waals surface area contributed by atoms with Gasteiger partial charge in [0.2, 0.25) is 0 Å². The number of alkyl halides is 1. The normalized spacial score (nSPS) is 10.4. The fraction of sp³-hybridized carbons (Fsp3) is 0.154. The van der Waals surface area contributed by atoms with Gasteiger partial charge in [-0.25, -0.2) is 4.39 Å². The molecule has 0 unspecified atom stereocenters. The molecular weight excluding hydrogens is 321 g/mol. The summed E-state index contributed by atoms with van der Waals surface area (Å²) >= 11 is 9.14. The lowest BCUT2D eigenvalue weighted by atomic mass is 10.2. The van der Waals surface area contributed by atoms with Gasteiger partial charge < -0.3 is 4.74 Å². The molecule has 2 rings (SSSR count). The van der Waals surface area contributed by atoms with Crippen LogP contribution in [0, 0.1) is 5.82 Å². The van der Waals surface area contributed by atoms with Gasteiger partial charge in [-0.1, -0.05) is 39.7 Å². The van der Waals surface area contributed by atoms with Crippen LogP contribution in [0.2, 0.25) is 5.02 Å². The van der Waals surface area contributed by atoms with E-state index < -0.39 is 5.82 Å². The van der Waals surface area contributed by atoms with Crippen LogP contribution in [0.25, 0.3) is 0 Å². The summed E-state index contributed by atoms with van der Waals surface area (Å²) < 4.78 is 18.7. The summed E-state index contributed by atoms with van der Waals surface area (Å²) in [5.74, 6) is 0.186. The Kier molecular flexibility index (Phi) is 4.55. The number of aromatic nitrogens is 1. The number of nitrogens with zero attached hydrogens (tertiary/aromatic N) is 1. The maximum atomic E-state index is 13.2. The van der Waals surface area contributed by atoms with Crippen LogP contribution in [0.15, 0.2) is 36.5 Å². The second kappa shape index (κ2) is 6.16. The molecule has 2 nitrogen and oxygen atoms in total. The molecule has 0 aliphatic rings. The second-order valence-electron chi connectivity index (χ2n) is 3.62. The van der Waals surface area contributed by atoms with Crippen LogP contribution in [0.5, 0.6) is 5.75 Å². The maximum absolute atomic E-state index is 13.2. The summed E-state index contributed by atoms with van der Waals surface area (Å²) in [7, 11) is 0. The third-order valence-electron chi connectivity index (χ3n) is 2.36. The van der Waals surface area contributed by atoms with Crippen molar-refractivity contribution in [1.29, 1.82) is 0 Å². The molecule has 1 aromatic heterocycles. The Bertz CT molecular complexity index is 533. The molecule has 0 N–H and O–H groups in total. The van der Waals surface area contributed by atoms with E-state index in [-0.39, 0.29) is 11.6 Å². The molecule has 1 aromatic carbocycles. The monoisotopic (exact) mass is 329 g/mol. The summed E-state index contributed by atoms with van der Waals surface area (Å²) in [4.78, 5) is 4.17. The Morgan fingerprint density at radius 2 is 2.11 bits per heavy atom. The molecule has 0 aliphatic heterocycles. The van der Waals surface area contributed by atoms with Gasteiger partial charge in [-0.15, -0.1) is 0 Å². The van der Waals surface area contributed by atoms with Crippen molar-refractivity contribution >= 4 is 27.5 Å². The van der Waals surface area contributed by atoms with E-state index in [1.807, 2.05) is 12.1 Å². The molecule has 0 spiro atoms. The molecule has 5 heteroatoms. The Labute approximate surface area is 118 Å². The van der Waals surface area contributed by atoms with Gasteiger partial charge in [0, 0.05) is 10.9 Å². The molecule has 0 radical (unpaired) electrons.